The third-order valence-corrected chi connectivity index (χ3v) is 6.23. The number of alkyl carbamates (subject to hydrolysis) is 1. The summed E-state index contributed by atoms with van der Waals surface area (Å²) >= 11 is 0. The van der Waals surface area contributed by atoms with E-state index in [2.05, 4.69) is 73.0 Å². The Morgan fingerprint density at radius 2 is 1.75 bits per heavy atom. The first-order valence-electron chi connectivity index (χ1n) is 10.5. The Morgan fingerprint density at radius 3 is 2.39 bits per heavy atom. The number of nitrogens with one attached hydrogen (secondary N) is 2. The maximum Gasteiger partial charge on any atom is 0.407 e. The van der Waals surface area contributed by atoms with Crippen LogP contribution in [0.2, 0.25) is 0 Å². The molecule has 2 atom stereocenters. The lowest BCUT2D eigenvalue weighted by molar-refractivity contribution is 0.139. The third kappa shape index (κ3) is 3.93. The van der Waals surface area contributed by atoms with E-state index in [1.165, 1.54) is 22.3 Å². The second-order valence-electron chi connectivity index (χ2n) is 8.40. The van der Waals surface area contributed by atoms with E-state index >= 15 is 0 Å². The van der Waals surface area contributed by atoms with Crippen LogP contribution < -0.4 is 10.6 Å². The van der Waals surface area contributed by atoms with Crippen LogP contribution in [0.1, 0.15) is 43.7 Å². The molecule has 1 amide bonds. The molecule has 0 bridgehead atoms. The Bertz CT molecular complexity index is 787. The zero-order chi connectivity index (χ0) is 19.5. The van der Waals surface area contributed by atoms with Crippen LogP contribution in [0.5, 0.6) is 0 Å². The number of carbonyl (C=O) groups is 1. The number of fused-ring (bicyclic) bond motifs is 3. The first kappa shape index (κ1) is 19.0. The Morgan fingerprint density at radius 1 is 1.11 bits per heavy atom. The molecule has 2 aromatic carbocycles. The molecule has 0 radical (unpaired) electrons. The average molecular weight is 379 g/mol. The molecule has 0 aromatic heterocycles. The predicted molar refractivity (Wildman–Crippen MR) is 112 cm³/mol. The van der Waals surface area contributed by atoms with Crippen LogP contribution in [0.3, 0.4) is 0 Å². The topological polar surface area (TPSA) is 50.4 Å². The van der Waals surface area contributed by atoms with Crippen molar-refractivity contribution < 1.29 is 9.53 Å². The summed E-state index contributed by atoms with van der Waals surface area (Å²) in [5, 5.41) is 6.57. The zero-order valence-electron chi connectivity index (χ0n) is 16.8. The van der Waals surface area contributed by atoms with Crippen molar-refractivity contribution in [2.24, 2.45) is 11.8 Å². The number of piperidine rings is 1. The minimum atomic E-state index is -0.304. The van der Waals surface area contributed by atoms with Gasteiger partial charge in [-0.1, -0.05) is 62.4 Å². The molecule has 0 spiro atoms. The largest absolute Gasteiger partial charge is 0.449 e. The van der Waals surface area contributed by atoms with E-state index in [4.69, 9.17) is 4.74 Å². The van der Waals surface area contributed by atoms with Gasteiger partial charge in [0.2, 0.25) is 0 Å². The van der Waals surface area contributed by atoms with Gasteiger partial charge < -0.3 is 15.4 Å². The summed E-state index contributed by atoms with van der Waals surface area (Å²) < 4.78 is 5.64. The van der Waals surface area contributed by atoms with Crippen molar-refractivity contribution >= 4 is 6.09 Å². The molecule has 1 saturated heterocycles. The van der Waals surface area contributed by atoms with Gasteiger partial charge in [0.05, 0.1) is 0 Å². The lowest BCUT2D eigenvalue weighted by Crippen LogP contribution is -2.44. The predicted octanol–water partition coefficient (Wildman–Crippen LogP) is 4.55. The minimum Gasteiger partial charge on any atom is -0.449 e. The van der Waals surface area contributed by atoms with Gasteiger partial charge in [0.25, 0.3) is 0 Å². The van der Waals surface area contributed by atoms with Crippen LogP contribution in [0.4, 0.5) is 4.79 Å². The Hall–Kier alpha value is -2.33. The van der Waals surface area contributed by atoms with Gasteiger partial charge in [0, 0.05) is 18.5 Å². The Labute approximate surface area is 167 Å². The fraction of sp³-hybridized carbons (Fsp3) is 0.458. The summed E-state index contributed by atoms with van der Waals surface area (Å²) in [5.74, 6) is 1.26. The van der Waals surface area contributed by atoms with Crippen molar-refractivity contribution in [3.63, 3.8) is 0 Å². The second-order valence-corrected chi connectivity index (χ2v) is 8.40. The van der Waals surface area contributed by atoms with E-state index in [1.807, 2.05) is 0 Å². The number of carbonyl (C=O) groups excluding carboxylic acids is 1. The maximum atomic E-state index is 12.3. The molecular weight excluding hydrogens is 348 g/mol. The molecule has 2 aromatic rings. The number of hydrogen-bond acceptors (Lipinski definition) is 3. The molecule has 2 unspecified atom stereocenters. The van der Waals surface area contributed by atoms with Gasteiger partial charge in [-0.2, -0.15) is 0 Å². The molecule has 4 rings (SSSR count). The number of rotatable bonds is 5. The summed E-state index contributed by atoms with van der Waals surface area (Å²) in [6.45, 7) is 6.60. The van der Waals surface area contributed by atoms with Gasteiger partial charge in [-0.3, -0.25) is 0 Å². The van der Waals surface area contributed by atoms with Crippen molar-refractivity contribution in [2.45, 2.75) is 38.6 Å². The van der Waals surface area contributed by atoms with E-state index < -0.39 is 0 Å². The molecule has 2 aliphatic rings. The Kier molecular flexibility index (Phi) is 5.67. The molecule has 2 N–H and O–H groups in total. The van der Waals surface area contributed by atoms with Gasteiger partial charge in [0.1, 0.15) is 6.61 Å². The van der Waals surface area contributed by atoms with E-state index in [1.54, 1.807) is 0 Å². The SMILES string of the molecule is CC(C)C1CC(CNC(=O)OCC2c3ccccc3-c3ccccc32)CCN1. The quantitative estimate of drug-likeness (QED) is 0.802. The van der Waals surface area contributed by atoms with Crippen LogP contribution in [0, 0.1) is 11.8 Å². The summed E-state index contributed by atoms with van der Waals surface area (Å²) in [4.78, 5) is 12.3. The number of ether oxygens (including phenoxy) is 1. The van der Waals surface area contributed by atoms with Crippen LogP contribution >= 0.6 is 0 Å². The fourth-order valence-electron chi connectivity index (χ4n) is 4.60. The monoisotopic (exact) mass is 378 g/mol. The van der Waals surface area contributed by atoms with Gasteiger partial charge >= 0.3 is 6.09 Å². The van der Waals surface area contributed by atoms with Crippen molar-refractivity contribution in [3.8, 4) is 11.1 Å². The molecule has 1 aliphatic carbocycles. The summed E-state index contributed by atoms with van der Waals surface area (Å²) in [5.41, 5.74) is 4.99. The van der Waals surface area contributed by atoms with Gasteiger partial charge in [-0.05, 0) is 53.5 Å². The van der Waals surface area contributed by atoms with E-state index in [-0.39, 0.29) is 12.0 Å². The highest BCUT2D eigenvalue weighted by Gasteiger charge is 2.29. The maximum absolute atomic E-state index is 12.3. The normalized spacial score (nSPS) is 21.2. The molecule has 4 nitrogen and oxygen atoms in total. The molecule has 148 valence electrons. The molecule has 4 heteroatoms. The van der Waals surface area contributed by atoms with Crippen LogP contribution in [0.25, 0.3) is 11.1 Å². The van der Waals surface area contributed by atoms with E-state index in [0.717, 1.165) is 19.4 Å². The van der Waals surface area contributed by atoms with Gasteiger partial charge in [-0.25, -0.2) is 4.79 Å². The molecule has 1 aliphatic heterocycles. The number of benzene rings is 2. The smallest absolute Gasteiger partial charge is 0.407 e. The Balaban J connectivity index is 1.33. The van der Waals surface area contributed by atoms with Crippen molar-refractivity contribution in [2.75, 3.05) is 19.7 Å². The highest BCUT2D eigenvalue weighted by Crippen LogP contribution is 2.44. The molecule has 1 heterocycles. The van der Waals surface area contributed by atoms with Crippen LogP contribution in [-0.2, 0) is 4.74 Å². The van der Waals surface area contributed by atoms with E-state index in [0.29, 0.717) is 31.0 Å². The zero-order valence-corrected chi connectivity index (χ0v) is 16.8. The molecule has 0 saturated carbocycles. The first-order valence-corrected chi connectivity index (χ1v) is 10.5. The highest BCUT2D eigenvalue weighted by molar-refractivity contribution is 5.79. The van der Waals surface area contributed by atoms with Crippen molar-refractivity contribution in [1.82, 2.24) is 10.6 Å². The number of hydrogen-bond donors (Lipinski definition) is 2. The van der Waals surface area contributed by atoms with Crippen molar-refractivity contribution in [3.05, 3.63) is 59.7 Å². The van der Waals surface area contributed by atoms with Crippen LogP contribution in [0.15, 0.2) is 48.5 Å². The third-order valence-electron chi connectivity index (χ3n) is 6.23. The lowest BCUT2D eigenvalue weighted by Gasteiger charge is -2.32. The molecule has 1 fully saturated rings. The molecule has 28 heavy (non-hydrogen) atoms. The highest BCUT2D eigenvalue weighted by atomic mass is 16.5. The first-order chi connectivity index (χ1) is 13.6. The lowest BCUT2D eigenvalue weighted by atomic mass is 9.87. The minimum absolute atomic E-state index is 0.113. The summed E-state index contributed by atoms with van der Waals surface area (Å²) in [7, 11) is 0. The summed E-state index contributed by atoms with van der Waals surface area (Å²) in [6.07, 6.45) is 1.91. The van der Waals surface area contributed by atoms with Crippen LogP contribution in [-0.4, -0.2) is 31.8 Å². The molecular formula is C24H30N2O2. The second kappa shape index (κ2) is 8.36. The van der Waals surface area contributed by atoms with Gasteiger partial charge in [0.15, 0.2) is 0 Å². The summed E-state index contributed by atoms with van der Waals surface area (Å²) in [6, 6.07) is 17.4. The van der Waals surface area contributed by atoms with Crippen molar-refractivity contribution in [1.29, 1.82) is 0 Å². The van der Waals surface area contributed by atoms with Gasteiger partial charge in [-0.15, -0.1) is 0 Å². The number of amides is 1. The standard InChI is InChI=1S/C24H30N2O2/c1-16(2)23-13-17(11-12-25-23)14-26-24(27)28-15-22-20-9-5-3-7-18(20)19-8-4-6-10-21(19)22/h3-10,16-17,22-23,25H,11-15H2,1-2H3,(H,26,27). The fourth-order valence-corrected chi connectivity index (χ4v) is 4.60. The van der Waals surface area contributed by atoms with E-state index in [9.17, 15) is 4.79 Å². The average Bonchev–Trinajstić information content (AvgIpc) is 3.05.